The number of guanidine groups is 1. The summed E-state index contributed by atoms with van der Waals surface area (Å²) in [5, 5.41) is 6.67. The highest BCUT2D eigenvalue weighted by atomic mass is 127. The highest BCUT2D eigenvalue weighted by molar-refractivity contribution is 14.0. The van der Waals surface area contributed by atoms with E-state index in [2.05, 4.69) is 54.4 Å². The van der Waals surface area contributed by atoms with Crippen LogP contribution in [0.1, 0.15) is 43.1 Å². The van der Waals surface area contributed by atoms with Crippen molar-refractivity contribution in [1.29, 1.82) is 0 Å². The first kappa shape index (κ1) is 26.6. The Morgan fingerprint density at radius 3 is 2.50 bits per heavy atom. The lowest BCUT2D eigenvalue weighted by Gasteiger charge is -2.22. The number of likely N-dealkylation sites (N-methyl/N-ethyl adjacent to an activating group) is 1. The maximum absolute atomic E-state index is 12.1. The molecule has 1 aromatic rings. The normalized spacial score (nSPS) is 12.3. The van der Waals surface area contributed by atoms with Gasteiger partial charge in [-0.1, -0.05) is 19.1 Å². The van der Waals surface area contributed by atoms with Crippen molar-refractivity contribution >= 4 is 35.8 Å². The van der Waals surface area contributed by atoms with E-state index in [1.165, 1.54) is 0 Å². The summed E-state index contributed by atoms with van der Waals surface area (Å²) in [6.45, 7) is 9.83. The van der Waals surface area contributed by atoms with Gasteiger partial charge >= 0.3 is 0 Å². The van der Waals surface area contributed by atoms with Gasteiger partial charge in [-0.05, 0) is 51.4 Å². The van der Waals surface area contributed by atoms with Crippen LogP contribution in [0.2, 0.25) is 0 Å². The second-order valence-electron chi connectivity index (χ2n) is 7.08. The molecule has 0 fully saturated rings. The van der Waals surface area contributed by atoms with Crippen LogP contribution >= 0.6 is 24.0 Å². The topological polar surface area (TPSA) is 60.0 Å². The van der Waals surface area contributed by atoms with Gasteiger partial charge in [-0.2, -0.15) is 0 Å². The molecule has 0 radical (unpaired) electrons. The number of carbonyl (C=O) groups excluding carboxylic acids is 1. The molecule has 0 aliphatic carbocycles. The number of hydrogen-bond donors (Lipinski definition) is 2. The number of benzene rings is 1. The fourth-order valence-corrected chi connectivity index (χ4v) is 2.64. The van der Waals surface area contributed by atoms with E-state index in [-0.39, 0.29) is 29.9 Å². The van der Waals surface area contributed by atoms with Crippen LogP contribution in [-0.4, -0.2) is 75.0 Å². The predicted octanol–water partition coefficient (Wildman–Crippen LogP) is 2.83. The predicted molar refractivity (Wildman–Crippen MR) is 130 cm³/mol. The first-order chi connectivity index (χ1) is 12.9. The van der Waals surface area contributed by atoms with Gasteiger partial charge in [-0.25, -0.2) is 0 Å². The summed E-state index contributed by atoms with van der Waals surface area (Å²) in [6, 6.07) is 8.40. The monoisotopic (exact) mass is 503 g/mol. The maximum Gasteiger partial charge on any atom is 0.253 e. The van der Waals surface area contributed by atoms with E-state index < -0.39 is 0 Å². The molecule has 7 heteroatoms. The molecular weight excluding hydrogens is 465 g/mol. The molecule has 0 saturated carbocycles. The maximum atomic E-state index is 12.1. The first-order valence-electron chi connectivity index (χ1n) is 9.92. The Bertz CT molecular complexity index is 606. The van der Waals surface area contributed by atoms with E-state index in [0.29, 0.717) is 6.04 Å². The summed E-state index contributed by atoms with van der Waals surface area (Å²) in [7, 11) is 5.69. The Kier molecular flexibility index (Phi) is 13.9. The van der Waals surface area contributed by atoms with Gasteiger partial charge in [0.25, 0.3) is 5.91 Å². The van der Waals surface area contributed by atoms with Crippen molar-refractivity contribution in [3.05, 3.63) is 35.4 Å². The van der Waals surface area contributed by atoms with Crippen molar-refractivity contribution < 1.29 is 4.79 Å². The third kappa shape index (κ3) is 9.73. The average Bonchev–Trinajstić information content (AvgIpc) is 2.66. The van der Waals surface area contributed by atoms with Crippen LogP contribution in [-0.2, 0) is 6.42 Å². The van der Waals surface area contributed by atoms with Crippen molar-refractivity contribution in [1.82, 2.24) is 20.4 Å². The largest absolute Gasteiger partial charge is 0.357 e. The number of nitrogens with one attached hydrogen (secondary N) is 2. The molecule has 1 amide bonds. The van der Waals surface area contributed by atoms with E-state index in [0.717, 1.165) is 56.1 Å². The quantitative estimate of drug-likeness (QED) is 0.293. The summed E-state index contributed by atoms with van der Waals surface area (Å²) in [4.78, 5) is 20.7. The zero-order valence-corrected chi connectivity index (χ0v) is 20.6. The van der Waals surface area contributed by atoms with E-state index in [1.807, 2.05) is 18.2 Å². The summed E-state index contributed by atoms with van der Waals surface area (Å²) in [5.41, 5.74) is 1.87. The first-order valence-corrected chi connectivity index (χ1v) is 9.92. The third-order valence-corrected chi connectivity index (χ3v) is 4.70. The Morgan fingerprint density at radius 1 is 1.18 bits per heavy atom. The van der Waals surface area contributed by atoms with Gasteiger partial charge in [-0.3, -0.25) is 9.79 Å². The standard InChI is InChI=1S/C21H37N5O.HI/c1-7-17(3)26(6)15-14-24-21(22-8-2)23-13-12-18-10-9-11-19(16-18)20(27)25(4)5;/h9-11,16-17H,7-8,12-15H2,1-6H3,(H2,22,23,24);1H. The lowest BCUT2D eigenvalue weighted by molar-refractivity contribution is 0.0827. The van der Waals surface area contributed by atoms with E-state index >= 15 is 0 Å². The zero-order chi connectivity index (χ0) is 20.2. The van der Waals surface area contributed by atoms with Gasteiger partial charge < -0.3 is 20.4 Å². The van der Waals surface area contributed by atoms with Crippen LogP contribution in [0.15, 0.2) is 29.3 Å². The molecule has 0 saturated heterocycles. The minimum atomic E-state index is 0. The molecule has 0 bridgehead atoms. The van der Waals surface area contributed by atoms with E-state index in [9.17, 15) is 4.79 Å². The third-order valence-electron chi connectivity index (χ3n) is 4.70. The Balaban J connectivity index is 0.00000729. The molecule has 2 N–H and O–H groups in total. The second-order valence-corrected chi connectivity index (χ2v) is 7.08. The highest BCUT2D eigenvalue weighted by Crippen LogP contribution is 2.07. The molecule has 0 aliphatic rings. The molecule has 1 rings (SSSR count). The molecule has 0 heterocycles. The molecule has 1 unspecified atom stereocenters. The van der Waals surface area contributed by atoms with Crippen LogP contribution < -0.4 is 10.6 Å². The lowest BCUT2D eigenvalue weighted by atomic mass is 10.1. The molecule has 1 aromatic carbocycles. The molecular formula is C21H38IN5O. The van der Waals surface area contributed by atoms with Gasteiger partial charge in [0, 0.05) is 45.3 Å². The summed E-state index contributed by atoms with van der Waals surface area (Å²) >= 11 is 0. The van der Waals surface area contributed by atoms with E-state index in [4.69, 9.17) is 0 Å². The summed E-state index contributed by atoms with van der Waals surface area (Å²) < 4.78 is 0. The van der Waals surface area contributed by atoms with Crippen molar-refractivity contribution in [3.8, 4) is 0 Å². The minimum Gasteiger partial charge on any atom is -0.357 e. The van der Waals surface area contributed by atoms with Gasteiger partial charge in [0.05, 0.1) is 6.54 Å². The van der Waals surface area contributed by atoms with Crippen molar-refractivity contribution in [2.75, 3.05) is 47.3 Å². The van der Waals surface area contributed by atoms with Gasteiger partial charge in [0.1, 0.15) is 0 Å². The van der Waals surface area contributed by atoms with Crippen LogP contribution in [0, 0.1) is 0 Å². The molecule has 160 valence electrons. The Hall–Kier alpha value is -1.35. The number of rotatable bonds is 10. The fourth-order valence-electron chi connectivity index (χ4n) is 2.64. The van der Waals surface area contributed by atoms with Gasteiger partial charge in [0.15, 0.2) is 5.96 Å². The van der Waals surface area contributed by atoms with Crippen molar-refractivity contribution in [3.63, 3.8) is 0 Å². The smallest absolute Gasteiger partial charge is 0.253 e. The van der Waals surface area contributed by atoms with Gasteiger partial charge in [0.2, 0.25) is 0 Å². The summed E-state index contributed by atoms with van der Waals surface area (Å²) in [6.07, 6.45) is 1.99. The number of aliphatic imine (C=N–C) groups is 1. The Morgan fingerprint density at radius 2 is 1.89 bits per heavy atom. The van der Waals surface area contributed by atoms with Gasteiger partial charge in [-0.15, -0.1) is 24.0 Å². The Labute approximate surface area is 188 Å². The SMILES string of the molecule is CCNC(=NCCN(C)C(C)CC)NCCc1cccc(C(=O)N(C)C)c1.I. The molecule has 0 aliphatic heterocycles. The van der Waals surface area contributed by atoms with Crippen LogP contribution in [0.5, 0.6) is 0 Å². The summed E-state index contributed by atoms with van der Waals surface area (Å²) in [5.74, 6) is 0.876. The average molecular weight is 503 g/mol. The lowest BCUT2D eigenvalue weighted by Crippen LogP contribution is -2.39. The number of amides is 1. The number of hydrogen-bond acceptors (Lipinski definition) is 3. The fraction of sp³-hybridized carbons (Fsp3) is 0.619. The molecule has 6 nitrogen and oxygen atoms in total. The van der Waals surface area contributed by atoms with E-state index in [1.54, 1.807) is 19.0 Å². The molecule has 28 heavy (non-hydrogen) atoms. The van der Waals surface area contributed by atoms with Crippen molar-refractivity contribution in [2.45, 2.75) is 39.7 Å². The molecule has 0 spiro atoms. The van der Waals surface area contributed by atoms with Crippen molar-refractivity contribution in [2.24, 2.45) is 4.99 Å². The van der Waals surface area contributed by atoms with Crippen LogP contribution in [0.4, 0.5) is 0 Å². The second kappa shape index (κ2) is 14.6. The number of nitrogens with zero attached hydrogens (tertiary/aromatic N) is 3. The minimum absolute atomic E-state index is 0. The molecule has 1 atom stereocenters. The number of carbonyl (C=O) groups is 1. The van der Waals surface area contributed by atoms with Crippen LogP contribution in [0.3, 0.4) is 0 Å². The molecule has 0 aromatic heterocycles. The highest BCUT2D eigenvalue weighted by Gasteiger charge is 2.08. The zero-order valence-electron chi connectivity index (χ0n) is 18.3. The van der Waals surface area contributed by atoms with Crippen LogP contribution in [0.25, 0.3) is 0 Å². The number of halogens is 1.